The monoisotopic (exact) mass is 309 g/mol. The van der Waals surface area contributed by atoms with Gasteiger partial charge in [-0.25, -0.2) is 4.39 Å². The third kappa shape index (κ3) is 4.22. The van der Waals surface area contributed by atoms with Crippen molar-refractivity contribution in [2.75, 3.05) is 26.2 Å². The molecule has 1 amide bonds. The van der Waals surface area contributed by atoms with Gasteiger partial charge in [-0.1, -0.05) is 12.2 Å². The summed E-state index contributed by atoms with van der Waals surface area (Å²) in [5, 5.41) is 0. The number of nitrogens with zero attached hydrogens (tertiary/aromatic N) is 2. The Balaban J connectivity index is 2.09. The zero-order valence-corrected chi connectivity index (χ0v) is 13.0. The molecule has 0 atom stereocenters. The first-order valence-electron chi connectivity index (χ1n) is 7.03. The highest BCUT2D eigenvalue weighted by Crippen LogP contribution is 2.15. The number of carbonyl (C=O) groups is 1. The zero-order valence-electron chi connectivity index (χ0n) is 12.1. The van der Waals surface area contributed by atoms with Crippen LogP contribution in [0.2, 0.25) is 0 Å². The number of halogens is 1. The predicted molar refractivity (Wildman–Crippen MR) is 84.4 cm³/mol. The molecule has 2 rings (SSSR count). The van der Waals surface area contributed by atoms with Crippen molar-refractivity contribution in [1.29, 1.82) is 0 Å². The summed E-state index contributed by atoms with van der Waals surface area (Å²) in [4.78, 5) is 15.8. The van der Waals surface area contributed by atoms with Crippen molar-refractivity contribution >= 4 is 23.1 Å². The summed E-state index contributed by atoms with van der Waals surface area (Å²) in [6.07, 6.45) is 0.914. The molecule has 0 aromatic heterocycles. The van der Waals surface area contributed by atoms with Crippen LogP contribution in [0.4, 0.5) is 4.39 Å². The van der Waals surface area contributed by atoms with E-state index in [4.69, 9.17) is 18.0 Å². The Labute approximate surface area is 129 Å². The molecule has 2 N–H and O–H groups in total. The van der Waals surface area contributed by atoms with E-state index in [0.29, 0.717) is 13.1 Å². The van der Waals surface area contributed by atoms with Crippen LogP contribution in [0.1, 0.15) is 24.5 Å². The van der Waals surface area contributed by atoms with Gasteiger partial charge < -0.3 is 10.6 Å². The van der Waals surface area contributed by atoms with Crippen LogP contribution in [0, 0.1) is 5.82 Å². The lowest BCUT2D eigenvalue weighted by atomic mass is 10.1. The number of rotatable bonds is 3. The molecule has 1 heterocycles. The average molecular weight is 309 g/mol. The second-order valence-electron chi connectivity index (χ2n) is 5.30. The molecule has 1 fully saturated rings. The minimum Gasteiger partial charge on any atom is -0.389 e. The number of hydrogen-bond donors (Lipinski definition) is 1. The molecule has 4 nitrogen and oxygen atoms in total. The molecule has 1 aliphatic rings. The highest BCUT2D eigenvalue weighted by molar-refractivity contribution is 7.80. The highest BCUT2D eigenvalue weighted by Gasteiger charge is 2.18. The Morgan fingerprint density at radius 1 is 1.33 bits per heavy atom. The Morgan fingerprint density at radius 2 is 2.10 bits per heavy atom. The number of thiocarbonyl (C=S) groups is 1. The number of amides is 1. The van der Waals surface area contributed by atoms with Crippen LogP contribution in [0.25, 0.3) is 0 Å². The van der Waals surface area contributed by atoms with Crippen molar-refractivity contribution in [3.63, 3.8) is 0 Å². The van der Waals surface area contributed by atoms with Gasteiger partial charge in [-0.15, -0.1) is 0 Å². The van der Waals surface area contributed by atoms with E-state index < -0.39 is 0 Å². The number of nitrogens with two attached hydrogens (primary N) is 1. The molecule has 0 bridgehead atoms. The summed E-state index contributed by atoms with van der Waals surface area (Å²) in [5.41, 5.74) is 7.23. The summed E-state index contributed by atoms with van der Waals surface area (Å²) in [6.45, 7) is 5.30. The normalized spacial score (nSPS) is 16.6. The third-order valence-corrected chi connectivity index (χ3v) is 3.98. The SMILES string of the molecule is CC(=O)N1CCCN(Cc2cc(F)ccc2C(N)=S)CC1. The molecule has 0 spiro atoms. The molecule has 1 saturated heterocycles. The summed E-state index contributed by atoms with van der Waals surface area (Å²) >= 11 is 5.02. The van der Waals surface area contributed by atoms with Crippen molar-refractivity contribution in [2.24, 2.45) is 5.73 Å². The van der Waals surface area contributed by atoms with Crippen molar-refractivity contribution < 1.29 is 9.18 Å². The Kier molecular flexibility index (Phi) is 5.25. The fourth-order valence-electron chi connectivity index (χ4n) is 2.62. The van der Waals surface area contributed by atoms with Gasteiger partial charge in [-0.05, 0) is 30.2 Å². The molecular formula is C15H20FN3OS. The second-order valence-corrected chi connectivity index (χ2v) is 5.74. The molecule has 0 saturated carbocycles. The van der Waals surface area contributed by atoms with Gasteiger partial charge in [-0.3, -0.25) is 9.69 Å². The van der Waals surface area contributed by atoms with Crippen LogP contribution in [0.15, 0.2) is 18.2 Å². The molecule has 6 heteroatoms. The van der Waals surface area contributed by atoms with Crippen molar-refractivity contribution in [2.45, 2.75) is 19.9 Å². The fourth-order valence-corrected chi connectivity index (χ4v) is 2.82. The van der Waals surface area contributed by atoms with Gasteiger partial charge in [0.2, 0.25) is 5.91 Å². The van der Waals surface area contributed by atoms with Crippen LogP contribution < -0.4 is 5.73 Å². The third-order valence-electron chi connectivity index (χ3n) is 3.76. The molecule has 21 heavy (non-hydrogen) atoms. The first kappa shape index (κ1) is 15.9. The van der Waals surface area contributed by atoms with Crippen LogP contribution in [0.5, 0.6) is 0 Å². The second kappa shape index (κ2) is 6.95. The number of benzene rings is 1. The lowest BCUT2D eigenvalue weighted by molar-refractivity contribution is -0.128. The summed E-state index contributed by atoms with van der Waals surface area (Å²) in [7, 11) is 0. The van der Waals surface area contributed by atoms with E-state index in [-0.39, 0.29) is 16.7 Å². The van der Waals surface area contributed by atoms with Crippen molar-refractivity contribution in [3.05, 3.63) is 35.1 Å². The number of carbonyl (C=O) groups excluding carboxylic acids is 1. The van der Waals surface area contributed by atoms with Gasteiger partial charge in [-0.2, -0.15) is 0 Å². The standard InChI is InChI=1S/C15H20FN3OS/c1-11(20)19-6-2-5-18(7-8-19)10-12-9-13(16)3-4-14(12)15(17)21/h3-4,9H,2,5-8,10H2,1H3,(H2,17,21). The van der Waals surface area contributed by atoms with E-state index in [1.807, 2.05) is 4.90 Å². The molecule has 1 aromatic carbocycles. The largest absolute Gasteiger partial charge is 0.389 e. The lowest BCUT2D eigenvalue weighted by Crippen LogP contribution is -2.33. The predicted octanol–water partition coefficient (Wildman–Crippen LogP) is 1.51. The van der Waals surface area contributed by atoms with Gasteiger partial charge in [0.15, 0.2) is 0 Å². The molecule has 0 radical (unpaired) electrons. The maximum Gasteiger partial charge on any atom is 0.219 e. The van der Waals surface area contributed by atoms with Gasteiger partial charge in [0.25, 0.3) is 0 Å². The Bertz CT molecular complexity index is 550. The van der Waals surface area contributed by atoms with Crippen LogP contribution in [-0.2, 0) is 11.3 Å². The maximum atomic E-state index is 13.5. The zero-order chi connectivity index (χ0) is 15.4. The highest BCUT2D eigenvalue weighted by atomic mass is 32.1. The van der Waals surface area contributed by atoms with E-state index in [2.05, 4.69) is 4.90 Å². The smallest absolute Gasteiger partial charge is 0.219 e. The van der Waals surface area contributed by atoms with Crippen LogP contribution in [0.3, 0.4) is 0 Å². The molecule has 114 valence electrons. The summed E-state index contributed by atoms with van der Waals surface area (Å²) in [5.74, 6) is -0.184. The van der Waals surface area contributed by atoms with Crippen molar-refractivity contribution in [1.82, 2.24) is 9.80 Å². The average Bonchev–Trinajstić information content (AvgIpc) is 2.64. The quantitative estimate of drug-likeness (QED) is 0.860. The van der Waals surface area contributed by atoms with Crippen LogP contribution >= 0.6 is 12.2 Å². The Hall–Kier alpha value is -1.53. The molecule has 1 aliphatic heterocycles. The minimum atomic E-state index is -0.287. The molecule has 1 aromatic rings. The molecule has 0 aliphatic carbocycles. The van der Waals surface area contributed by atoms with E-state index in [1.165, 1.54) is 12.1 Å². The topological polar surface area (TPSA) is 49.6 Å². The lowest BCUT2D eigenvalue weighted by Gasteiger charge is -2.22. The van der Waals surface area contributed by atoms with Crippen molar-refractivity contribution in [3.8, 4) is 0 Å². The van der Waals surface area contributed by atoms with E-state index >= 15 is 0 Å². The first-order chi connectivity index (χ1) is 9.97. The van der Waals surface area contributed by atoms with Crippen LogP contribution in [-0.4, -0.2) is 46.9 Å². The van der Waals surface area contributed by atoms with Gasteiger partial charge in [0, 0.05) is 45.2 Å². The Morgan fingerprint density at radius 3 is 2.76 bits per heavy atom. The summed E-state index contributed by atoms with van der Waals surface area (Å²) in [6, 6.07) is 4.49. The molecule has 0 unspecified atom stereocenters. The summed E-state index contributed by atoms with van der Waals surface area (Å²) < 4.78 is 13.5. The van der Waals surface area contributed by atoms with Gasteiger partial charge in [0.05, 0.1) is 0 Å². The first-order valence-corrected chi connectivity index (χ1v) is 7.44. The fraction of sp³-hybridized carbons (Fsp3) is 0.467. The van der Waals surface area contributed by atoms with E-state index in [1.54, 1.807) is 13.0 Å². The van der Waals surface area contributed by atoms with E-state index in [9.17, 15) is 9.18 Å². The minimum absolute atomic E-state index is 0.103. The van der Waals surface area contributed by atoms with Gasteiger partial charge >= 0.3 is 0 Å². The molecular weight excluding hydrogens is 289 g/mol. The van der Waals surface area contributed by atoms with Gasteiger partial charge in [0.1, 0.15) is 10.8 Å². The van der Waals surface area contributed by atoms with E-state index in [0.717, 1.165) is 37.2 Å². The number of hydrogen-bond acceptors (Lipinski definition) is 3. The maximum absolute atomic E-state index is 13.5.